The second-order valence-electron chi connectivity index (χ2n) is 7.14. The Bertz CT molecular complexity index is 683. The highest BCUT2D eigenvalue weighted by molar-refractivity contribution is 5.94. The van der Waals surface area contributed by atoms with Crippen LogP contribution in [-0.2, 0) is 14.3 Å². The molecule has 0 aromatic heterocycles. The first-order chi connectivity index (χ1) is 15.9. The van der Waals surface area contributed by atoms with Crippen molar-refractivity contribution in [1.29, 1.82) is 0 Å². The number of allylic oxidation sites excluding steroid dienone is 1. The minimum absolute atomic E-state index is 0.0339. The number of benzene rings is 1. The summed E-state index contributed by atoms with van der Waals surface area (Å²) in [6, 6.07) is 6.85. The van der Waals surface area contributed by atoms with E-state index in [2.05, 4.69) is 29.8 Å². The van der Waals surface area contributed by atoms with E-state index in [1.807, 2.05) is 33.0 Å². The van der Waals surface area contributed by atoms with Gasteiger partial charge in [0.2, 0.25) is 5.91 Å². The molecule has 0 fully saturated rings. The fourth-order valence-corrected chi connectivity index (χ4v) is 2.34. The molecule has 5 N–H and O–H groups in total. The third-order valence-corrected chi connectivity index (χ3v) is 3.90. The van der Waals surface area contributed by atoms with E-state index in [1.54, 1.807) is 24.3 Å². The van der Waals surface area contributed by atoms with E-state index < -0.39 is 6.23 Å². The first kappa shape index (κ1) is 30.5. The van der Waals surface area contributed by atoms with Crippen LogP contribution >= 0.6 is 0 Å². The lowest BCUT2D eigenvalue weighted by Gasteiger charge is -2.15. The van der Waals surface area contributed by atoms with E-state index in [-0.39, 0.29) is 38.2 Å². The van der Waals surface area contributed by atoms with Gasteiger partial charge in [-0.2, -0.15) is 0 Å². The number of hydrogen-bond acceptors (Lipinski definition) is 7. The second kappa shape index (κ2) is 20.2. The van der Waals surface area contributed by atoms with Crippen molar-refractivity contribution in [2.45, 2.75) is 33.9 Å². The van der Waals surface area contributed by atoms with Crippen LogP contribution in [0, 0.1) is 5.92 Å². The minimum Gasteiger partial charge on any atom is -0.489 e. The molecule has 9 nitrogen and oxygen atoms in total. The Kier molecular flexibility index (Phi) is 18.7. The van der Waals surface area contributed by atoms with Gasteiger partial charge in [0.05, 0.1) is 13.2 Å². The Hall–Kier alpha value is -2.46. The molecule has 188 valence electrons. The van der Waals surface area contributed by atoms with Crippen LogP contribution in [0.3, 0.4) is 0 Å². The highest BCUT2D eigenvalue weighted by Crippen LogP contribution is 2.13. The molecule has 0 bridgehead atoms. The van der Waals surface area contributed by atoms with E-state index in [0.717, 1.165) is 0 Å². The van der Waals surface area contributed by atoms with Gasteiger partial charge in [-0.3, -0.25) is 9.59 Å². The quantitative estimate of drug-likeness (QED) is 0.166. The number of nitrogens with two attached hydrogens (primary N) is 1. The van der Waals surface area contributed by atoms with Gasteiger partial charge in [-0.15, -0.1) is 0 Å². The summed E-state index contributed by atoms with van der Waals surface area (Å²) >= 11 is 0. The predicted molar refractivity (Wildman–Crippen MR) is 131 cm³/mol. The molecule has 33 heavy (non-hydrogen) atoms. The smallest absolute Gasteiger partial charge is 0.251 e. The average Bonchev–Trinajstić information content (AvgIpc) is 2.81. The van der Waals surface area contributed by atoms with Gasteiger partial charge in [-0.1, -0.05) is 45.9 Å². The summed E-state index contributed by atoms with van der Waals surface area (Å²) < 4.78 is 16.3. The van der Waals surface area contributed by atoms with Crippen molar-refractivity contribution in [3.63, 3.8) is 0 Å². The number of nitrogens with one attached hydrogen (secondary N) is 3. The zero-order chi connectivity index (χ0) is 24.9. The number of ether oxygens (including phenoxy) is 3. The molecular weight excluding hydrogens is 424 g/mol. The highest BCUT2D eigenvalue weighted by Gasteiger charge is 2.08. The molecule has 9 heteroatoms. The van der Waals surface area contributed by atoms with Gasteiger partial charge in [-0.05, 0) is 31.2 Å². The topological polar surface area (TPSA) is 124 Å². The van der Waals surface area contributed by atoms with Crippen LogP contribution in [0.2, 0.25) is 0 Å². The van der Waals surface area contributed by atoms with Crippen LogP contribution in [0.4, 0.5) is 0 Å². The van der Waals surface area contributed by atoms with Crippen LogP contribution in [0.5, 0.6) is 5.75 Å². The summed E-state index contributed by atoms with van der Waals surface area (Å²) in [5.41, 5.74) is 6.38. The number of carbonyl (C=O) groups is 2. The van der Waals surface area contributed by atoms with E-state index in [4.69, 9.17) is 19.9 Å². The van der Waals surface area contributed by atoms with Crippen LogP contribution in [0.25, 0.3) is 0 Å². The number of amides is 2. The Balaban J connectivity index is 0.00000497. The molecule has 1 unspecified atom stereocenters. The van der Waals surface area contributed by atoms with Crippen molar-refractivity contribution >= 4 is 11.8 Å². The van der Waals surface area contributed by atoms with Gasteiger partial charge in [0.15, 0.2) is 0 Å². The highest BCUT2D eigenvalue weighted by atomic mass is 16.6. The Morgan fingerprint density at radius 1 is 1.12 bits per heavy atom. The van der Waals surface area contributed by atoms with E-state index in [1.165, 1.54) is 0 Å². The lowest BCUT2D eigenvalue weighted by molar-refractivity contribution is -0.126. The lowest BCUT2D eigenvalue weighted by Crippen LogP contribution is -2.33. The molecule has 0 saturated carbocycles. The third kappa shape index (κ3) is 16.8. The van der Waals surface area contributed by atoms with E-state index in [0.29, 0.717) is 36.9 Å². The average molecular weight is 467 g/mol. The van der Waals surface area contributed by atoms with E-state index in [9.17, 15) is 9.59 Å². The van der Waals surface area contributed by atoms with Gasteiger partial charge >= 0.3 is 0 Å². The molecule has 0 heterocycles. The number of carbonyl (C=O) groups excluding carboxylic acids is 2. The molecule has 0 saturated heterocycles. The summed E-state index contributed by atoms with van der Waals surface area (Å²) in [7, 11) is 1.82. The molecule has 1 atom stereocenters. The maximum atomic E-state index is 12.1. The molecule has 0 spiro atoms. The monoisotopic (exact) mass is 466 g/mol. The molecule has 0 aliphatic carbocycles. The largest absolute Gasteiger partial charge is 0.489 e. The van der Waals surface area contributed by atoms with Crippen molar-refractivity contribution in [3.8, 4) is 5.75 Å². The molecule has 1 aromatic rings. The predicted octanol–water partition coefficient (Wildman–Crippen LogP) is 1.69. The van der Waals surface area contributed by atoms with Gasteiger partial charge < -0.3 is 35.9 Å². The second-order valence-corrected chi connectivity index (χ2v) is 7.14. The first-order valence-electron chi connectivity index (χ1n) is 11.5. The van der Waals surface area contributed by atoms with Crippen LogP contribution in [0.1, 0.15) is 38.1 Å². The maximum Gasteiger partial charge on any atom is 0.251 e. The molecular formula is C24H42N4O5. The number of hydrogen-bond donors (Lipinski definition) is 4. The SMILES string of the molecule is CC.CNCCNC(=O)c1cccc(OCC(N)OCCOCC(=O)NC/C=C/C(C)C)c1. The molecule has 0 aliphatic heterocycles. The fraction of sp³-hybridized carbons (Fsp3) is 0.583. The van der Waals surface area contributed by atoms with Crippen molar-refractivity contribution in [3.05, 3.63) is 42.0 Å². The zero-order valence-electron chi connectivity index (χ0n) is 20.7. The Morgan fingerprint density at radius 2 is 1.88 bits per heavy atom. The van der Waals surface area contributed by atoms with Gasteiger partial charge in [0, 0.05) is 25.2 Å². The summed E-state index contributed by atoms with van der Waals surface area (Å²) in [4.78, 5) is 23.7. The van der Waals surface area contributed by atoms with E-state index >= 15 is 0 Å². The van der Waals surface area contributed by atoms with Crippen LogP contribution < -0.4 is 26.4 Å². The van der Waals surface area contributed by atoms with Crippen molar-refractivity contribution in [2.75, 3.05) is 53.1 Å². The Labute approximate surface area is 198 Å². The molecule has 1 aromatic carbocycles. The maximum absolute atomic E-state index is 12.1. The standard InChI is InChI=1S/C22H36N4O5.C2H6/c1-17(2)6-5-9-25-21(27)16-29-12-13-30-20(23)15-31-19-8-4-7-18(14-19)22(28)26-11-10-24-3;1-2/h4-8,14,17,20,24H,9-13,15-16,23H2,1-3H3,(H,25,27)(H,26,28);1-2H3/b6-5+;. The first-order valence-corrected chi connectivity index (χ1v) is 11.5. The molecule has 2 amide bonds. The van der Waals surface area contributed by atoms with Gasteiger partial charge in [0.25, 0.3) is 5.91 Å². The molecule has 1 rings (SSSR count). The zero-order valence-corrected chi connectivity index (χ0v) is 20.7. The van der Waals surface area contributed by atoms with Crippen LogP contribution in [-0.4, -0.2) is 71.2 Å². The molecule has 0 radical (unpaired) electrons. The van der Waals surface area contributed by atoms with Crippen LogP contribution in [0.15, 0.2) is 36.4 Å². The fourth-order valence-electron chi connectivity index (χ4n) is 2.34. The van der Waals surface area contributed by atoms with Crippen molar-refractivity contribution in [2.24, 2.45) is 11.7 Å². The van der Waals surface area contributed by atoms with Gasteiger partial charge in [-0.25, -0.2) is 0 Å². The molecule has 0 aliphatic rings. The number of rotatable bonds is 16. The van der Waals surface area contributed by atoms with Crippen molar-refractivity contribution < 1.29 is 23.8 Å². The normalized spacial score (nSPS) is 11.6. The minimum atomic E-state index is -0.660. The van der Waals surface area contributed by atoms with Gasteiger partial charge in [0.1, 0.15) is 25.2 Å². The summed E-state index contributed by atoms with van der Waals surface area (Å²) in [6.45, 7) is 10.4. The summed E-state index contributed by atoms with van der Waals surface area (Å²) in [6.07, 6.45) is 3.28. The Morgan fingerprint density at radius 3 is 2.58 bits per heavy atom. The summed E-state index contributed by atoms with van der Waals surface area (Å²) in [5.74, 6) is 0.629. The number of likely N-dealkylation sites (N-methyl/N-ethyl adjacent to an activating group) is 1. The summed E-state index contributed by atoms with van der Waals surface area (Å²) in [5, 5.41) is 8.50. The van der Waals surface area contributed by atoms with Crippen molar-refractivity contribution in [1.82, 2.24) is 16.0 Å². The lowest BCUT2D eigenvalue weighted by atomic mass is 10.2. The third-order valence-electron chi connectivity index (χ3n) is 3.90.